The quantitative estimate of drug-likeness (QED) is 0.467. The number of nitrogens with one attached hydrogen (secondary N) is 1. The van der Waals surface area contributed by atoms with Crippen LogP contribution in [0.3, 0.4) is 0 Å². The number of carbonyl (C=O) groups is 2. The Labute approximate surface area is 200 Å². The SMILES string of the molecule is CCc1oc(-c2ccc(C(C)C)cc2)nc1CO[C@@H]1CCC[C@H](CCC2SC(=O)NC2=O)C1. The van der Waals surface area contributed by atoms with Crippen molar-refractivity contribution in [1.82, 2.24) is 10.3 Å². The van der Waals surface area contributed by atoms with Crippen LogP contribution in [0.25, 0.3) is 11.5 Å². The average Bonchev–Trinajstić information content (AvgIpc) is 3.38. The van der Waals surface area contributed by atoms with Crippen LogP contribution in [0.5, 0.6) is 0 Å². The first kappa shape index (κ1) is 24.0. The molecule has 6 nitrogen and oxygen atoms in total. The van der Waals surface area contributed by atoms with E-state index in [0.717, 1.165) is 73.7 Å². The zero-order valence-corrected chi connectivity index (χ0v) is 20.6. The van der Waals surface area contributed by atoms with Gasteiger partial charge in [0, 0.05) is 12.0 Å². The van der Waals surface area contributed by atoms with Crippen LogP contribution in [0, 0.1) is 5.92 Å². The van der Waals surface area contributed by atoms with E-state index in [1.807, 2.05) is 0 Å². The van der Waals surface area contributed by atoms with E-state index in [4.69, 9.17) is 14.1 Å². The standard InChI is InChI=1S/C26H34N2O4S/c1-4-22-21(27-25(32-22)19-11-9-18(10-12-19)16(2)3)15-31-20-7-5-6-17(14-20)8-13-23-24(29)28-26(30)33-23/h9-12,16-17,20,23H,4-8,13-15H2,1-3H3,(H,28,29,30)/t17-,20-,23?/m1/s1. The molecular formula is C26H34N2O4S. The highest BCUT2D eigenvalue weighted by molar-refractivity contribution is 8.15. The van der Waals surface area contributed by atoms with Gasteiger partial charge in [-0.1, -0.05) is 57.5 Å². The van der Waals surface area contributed by atoms with Crippen LogP contribution in [0.4, 0.5) is 4.79 Å². The molecule has 1 aromatic heterocycles. The summed E-state index contributed by atoms with van der Waals surface area (Å²) < 4.78 is 12.4. The molecule has 2 heterocycles. The highest BCUT2D eigenvalue weighted by Crippen LogP contribution is 2.33. The second kappa shape index (κ2) is 10.9. The minimum atomic E-state index is -0.228. The molecule has 4 rings (SSSR count). The predicted octanol–water partition coefficient (Wildman–Crippen LogP) is 6.23. The second-order valence-corrected chi connectivity index (χ2v) is 10.6. The molecule has 2 aromatic rings. The summed E-state index contributed by atoms with van der Waals surface area (Å²) in [5, 5.41) is 1.93. The third-order valence-corrected chi connectivity index (χ3v) is 7.77. The molecule has 3 atom stereocenters. The Morgan fingerprint density at radius 1 is 1.18 bits per heavy atom. The van der Waals surface area contributed by atoms with Crippen molar-refractivity contribution in [3.63, 3.8) is 0 Å². The van der Waals surface area contributed by atoms with Crippen LogP contribution < -0.4 is 5.32 Å². The maximum Gasteiger partial charge on any atom is 0.286 e. The molecule has 1 aliphatic heterocycles. The van der Waals surface area contributed by atoms with Gasteiger partial charge in [-0.25, -0.2) is 4.98 Å². The van der Waals surface area contributed by atoms with Gasteiger partial charge >= 0.3 is 0 Å². The molecular weight excluding hydrogens is 436 g/mol. The minimum absolute atomic E-state index is 0.138. The lowest BCUT2D eigenvalue weighted by Crippen LogP contribution is -2.26. The van der Waals surface area contributed by atoms with E-state index in [0.29, 0.717) is 24.3 Å². The van der Waals surface area contributed by atoms with Crippen LogP contribution in [-0.4, -0.2) is 27.5 Å². The molecule has 1 saturated carbocycles. The lowest BCUT2D eigenvalue weighted by molar-refractivity contribution is -0.119. The number of aromatic nitrogens is 1. The molecule has 1 saturated heterocycles. The summed E-state index contributed by atoms with van der Waals surface area (Å²) in [4.78, 5) is 27.9. The molecule has 2 aliphatic rings. The first-order valence-electron chi connectivity index (χ1n) is 12.1. The lowest BCUT2D eigenvalue weighted by Gasteiger charge is -2.29. The number of aryl methyl sites for hydroxylation is 1. The molecule has 178 valence electrons. The van der Waals surface area contributed by atoms with Gasteiger partial charge in [-0.3, -0.25) is 14.9 Å². The van der Waals surface area contributed by atoms with Gasteiger partial charge in [-0.2, -0.15) is 0 Å². The molecule has 2 amide bonds. The number of benzene rings is 1. The van der Waals surface area contributed by atoms with Crippen LogP contribution in [-0.2, 0) is 22.6 Å². The van der Waals surface area contributed by atoms with Gasteiger partial charge in [0.25, 0.3) is 5.24 Å². The zero-order valence-electron chi connectivity index (χ0n) is 19.8. The molecule has 1 aliphatic carbocycles. The summed E-state index contributed by atoms with van der Waals surface area (Å²) in [6.07, 6.45) is 7.03. The topological polar surface area (TPSA) is 81.4 Å². The normalized spacial score (nSPS) is 23.3. The zero-order chi connectivity index (χ0) is 23.4. The van der Waals surface area contributed by atoms with Crippen molar-refractivity contribution in [2.45, 2.75) is 89.6 Å². The largest absolute Gasteiger partial charge is 0.441 e. The van der Waals surface area contributed by atoms with E-state index in [1.165, 1.54) is 5.56 Å². The number of hydrogen-bond acceptors (Lipinski definition) is 6. The summed E-state index contributed by atoms with van der Waals surface area (Å²) in [6.45, 7) is 6.91. The first-order chi connectivity index (χ1) is 15.9. The van der Waals surface area contributed by atoms with Crippen molar-refractivity contribution >= 4 is 22.9 Å². The second-order valence-electron chi connectivity index (χ2n) is 9.45. The van der Waals surface area contributed by atoms with E-state index >= 15 is 0 Å². The Balaban J connectivity index is 1.31. The monoisotopic (exact) mass is 470 g/mol. The number of rotatable bonds is 9. The fourth-order valence-corrected chi connectivity index (χ4v) is 5.57. The van der Waals surface area contributed by atoms with E-state index in [1.54, 1.807) is 0 Å². The van der Waals surface area contributed by atoms with Gasteiger partial charge in [-0.15, -0.1) is 0 Å². The fourth-order valence-electron chi connectivity index (χ4n) is 4.73. The van der Waals surface area contributed by atoms with Crippen LogP contribution in [0.15, 0.2) is 28.7 Å². The number of imide groups is 1. The maximum atomic E-state index is 11.8. The predicted molar refractivity (Wildman–Crippen MR) is 130 cm³/mol. The van der Waals surface area contributed by atoms with Gasteiger partial charge in [0.05, 0.1) is 18.0 Å². The molecule has 1 unspecified atom stereocenters. The summed E-state index contributed by atoms with van der Waals surface area (Å²) in [5.41, 5.74) is 3.18. The van der Waals surface area contributed by atoms with E-state index < -0.39 is 0 Å². The smallest absolute Gasteiger partial charge is 0.286 e. The number of oxazole rings is 1. The van der Waals surface area contributed by atoms with Gasteiger partial charge < -0.3 is 9.15 Å². The summed E-state index contributed by atoms with van der Waals surface area (Å²) in [7, 11) is 0. The fraction of sp³-hybridized carbons (Fsp3) is 0.577. The third-order valence-electron chi connectivity index (χ3n) is 6.72. The Morgan fingerprint density at radius 3 is 2.64 bits per heavy atom. The van der Waals surface area contributed by atoms with E-state index in [9.17, 15) is 9.59 Å². The highest BCUT2D eigenvalue weighted by Gasteiger charge is 2.32. The number of carbonyl (C=O) groups excluding carboxylic acids is 2. The number of hydrogen-bond donors (Lipinski definition) is 1. The molecule has 0 radical (unpaired) electrons. The van der Waals surface area contributed by atoms with Crippen molar-refractivity contribution < 1.29 is 18.7 Å². The summed E-state index contributed by atoms with van der Waals surface area (Å²) in [6, 6.07) is 8.43. The number of amides is 2. The van der Waals surface area contributed by atoms with Crippen LogP contribution in [0.1, 0.15) is 82.2 Å². The Kier molecular flexibility index (Phi) is 7.91. The average molecular weight is 471 g/mol. The van der Waals surface area contributed by atoms with Crippen LogP contribution in [0.2, 0.25) is 0 Å². The molecule has 0 bridgehead atoms. The summed E-state index contributed by atoms with van der Waals surface area (Å²) in [5.74, 6) is 2.44. The first-order valence-corrected chi connectivity index (χ1v) is 13.0. The van der Waals surface area contributed by atoms with E-state index in [2.05, 4.69) is 50.4 Å². The van der Waals surface area contributed by atoms with Crippen molar-refractivity contribution in [2.75, 3.05) is 0 Å². The Morgan fingerprint density at radius 2 is 1.97 bits per heavy atom. The number of ether oxygens (including phenoxy) is 1. The van der Waals surface area contributed by atoms with E-state index in [-0.39, 0.29) is 22.5 Å². The van der Waals surface area contributed by atoms with Gasteiger partial charge in [0.15, 0.2) is 0 Å². The third kappa shape index (κ3) is 6.07. The van der Waals surface area contributed by atoms with Crippen molar-refractivity contribution in [3.05, 3.63) is 41.3 Å². The molecule has 1 N–H and O–H groups in total. The molecule has 2 fully saturated rings. The lowest BCUT2D eigenvalue weighted by atomic mass is 9.84. The molecule has 1 aromatic carbocycles. The number of nitrogens with zero attached hydrogens (tertiary/aromatic N) is 1. The molecule has 0 spiro atoms. The van der Waals surface area contributed by atoms with Crippen molar-refractivity contribution in [1.29, 1.82) is 0 Å². The molecule has 7 heteroatoms. The molecule has 33 heavy (non-hydrogen) atoms. The van der Waals surface area contributed by atoms with Crippen molar-refractivity contribution in [2.24, 2.45) is 5.92 Å². The Bertz CT molecular complexity index is 969. The van der Waals surface area contributed by atoms with Gasteiger partial charge in [0.2, 0.25) is 11.8 Å². The Hall–Kier alpha value is -2.12. The minimum Gasteiger partial charge on any atom is -0.441 e. The van der Waals surface area contributed by atoms with Crippen molar-refractivity contribution in [3.8, 4) is 11.5 Å². The maximum absolute atomic E-state index is 11.8. The van der Waals surface area contributed by atoms with Gasteiger partial charge in [-0.05, 0) is 55.2 Å². The highest BCUT2D eigenvalue weighted by atomic mass is 32.2. The summed E-state index contributed by atoms with van der Waals surface area (Å²) >= 11 is 1.13. The number of thioether (sulfide) groups is 1. The van der Waals surface area contributed by atoms with Crippen LogP contribution >= 0.6 is 11.8 Å². The van der Waals surface area contributed by atoms with Gasteiger partial charge in [0.1, 0.15) is 11.5 Å².